The summed E-state index contributed by atoms with van der Waals surface area (Å²) in [4.78, 5) is 11.2. The lowest BCUT2D eigenvalue weighted by Crippen LogP contribution is -2.11. The maximum absolute atomic E-state index is 6.13. The number of aromatic nitrogens is 2. The van der Waals surface area contributed by atoms with Crippen LogP contribution in [-0.4, -0.2) is 22.7 Å². The average Bonchev–Trinajstić information content (AvgIpc) is 3.20. The van der Waals surface area contributed by atoms with E-state index in [-0.39, 0.29) is 12.2 Å². The van der Waals surface area contributed by atoms with Gasteiger partial charge in [0.25, 0.3) is 0 Å². The third-order valence-electron chi connectivity index (χ3n) is 4.57. The number of benzene rings is 1. The molecule has 0 amide bonds. The summed E-state index contributed by atoms with van der Waals surface area (Å²) in [5.41, 5.74) is 2.41. The largest absolute Gasteiger partial charge is 0.485 e. The van der Waals surface area contributed by atoms with E-state index in [1.165, 1.54) is 5.56 Å². The Kier molecular flexibility index (Phi) is 7.18. The minimum absolute atomic E-state index is 0.0261. The first-order valence-corrected chi connectivity index (χ1v) is 10.7. The van der Waals surface area contributed by atoms with Crippen LogP contribution in [0.25, 0.3) is 10.7 Å². The second-order valence-electron chi connectivity index (χ2n) is 6.84. The fourth-order valence-corrected chi connectivity index (χ4v) is 3.93. The molecule has 2 unspecified atom stereocenters. The van der Waals surface area contributed by atoms with Gasteiger partial charge in [0.1, 0.15) is 11.9 Å². The number of nitrogens with zero attached hydrogens (tertiary/aromatic N) is 2. The number of rotatable bonds is 9. The highest BCUT2D eigenvalue weighted by Crippen LogP contribution is 2.32. The molecule has 0 saturated heterocycles. The summed E-state index contributed by atoms with van der Waals surface area (Å²) in [5.74, 6) is 1.65. The Morgan fingerprint density at radius 1 is 0.929 bits per heavy atom. The highest BCUT2D eigenvalue weighted by atomic mass is 32.1. The first kappa shape index (κ1) is 20.5. The summed E-state index contributed by atoms with van der Waals surface area (Å²) in [5, 5.41) is 0. The Balaban J connectivity index is 1.61. The van der Waals surface area contributed by atoms with Crippen LogP contribution in [0.1, 0.15) is 49.8 Å². The predicted molar refractivity (Wildman–Crippen MR) is 115 cm³/mol. The van der Waals surface area contributed by atoms with E-state index in [2.05, 4.69) is 55.0 Å². The zero-order valence-electron chi connectivity index (χ0n) is 17.0. The molecule has 0 aliphatic carbocycles. The molecule has 2 heterocycles. The van der Waals surface area contributed by atoms with E-state index in [1.54, 1.807) is 11.3 Å². The van der Waals surface area contributed by atoms with Crippen LogP contribution in [0.15, 0.2) is 48.8 Å². The van der Waals surface area contributed by atoms with E-state index in [4.69, 9.17) is 9.47 Å². The van der Waals surface area contributed by atoms with Gasteiger partial charge in [-0.05, 0) is 69.0 Å². The molecular weight excluding hydrogens is 368 g/mol. The lowest BCUT2D eigenvalue weighted by atomic mass is 10.1. The molecule has 0 saturated carbocycles. The first-order chi connectivity index (χ1) is 13.6. The Morgan fingerprint density at radius 3 is 2.29 bits per heavy atom. The quantitative estimate of drug-likeness (QED) is 0.453. The lowest BCUT2D eigenvalue weighted by Gasteiger charge is -2.15. The van der Waals surface area contributed by atoms with Crippen molar-refractivity contribution < 1.29 is 9.47 Å². The topological polar surface area (TPSA) is 44.2 Å². The molecule has 5 heteroatoms. The van der Waals surface area contributed by atoms with Gasteiger partial charge in [-0.25, -0.2) is 9.97 Å². The number of hydrogen-bond donors (Lipinski definition) is 0. The SMILES string of the molecule is CCOC(C)Cc1ccc(OC(C)c2ccc(-c3ncc(CC)cn3)s2)cc1. The van der Waals surface area contributed by atoms with Gasteiger partial charge in [0.05, 0.1) is 11.0 Å². The molecule has 0 aliphatic heterocycles. The smallest absolute Gasteiger partial charge is 0.169 e. The minimum atomic E-state index is -0.0261. The Labute approximate surface area is 171 Å². The Morgan fingerprint density at radius 2 is 1.64 bits per heavy atom. The summed E-state index contributed by atoms with van der Waals surface area (Å²) >= 11 is 1.68. The monoisotopic (exact) mass is 396 g/mol. The van der Waals surface area contributed by atoms with Crippen molar-refractivity contribution in [2.45, 2.75) is 52.7 Å². The van der Waals surface area contributed by atoms with E-state index in [9.17, 15) is 0 Å². The summed E-state index contributed by atoms with van der Waals surface area (Å²) in [6.45, 7) is 9.05. The first-order valence-electron chi connectivity index (χ1n) is 9.87. The molecular formula is C23H28N2O2S. The standard InChI is InChI=1S/C23H28N2O2S/c1-5-18-14-24-23(25-15-18)22-12-11-21(28-22)17(4)27-20-9-7-19(8-10-20)13-16(3)26-6-2/h7-12,14-17H,5-6,13H2,1-4H3. The summed E-state index contributed by atoms with van der Waals surface area (Å²) < 4.78 is 11.7. The maximum Gasteiger partial charge on any atom is 0.169 e. The van der Waals surface area contributed by atoms with Gasteiger partial charge in [-0.3, -0.25) is 0 Å². The molecule has 0 spiro atoms. The molecule has 2 aromatic heterocycles. The van der Waals surface area contributed by atoms with Crippen molar-refractivity contribution in [3.8, 4) is 16.5 Å². The minimum Gasteiger partial charge on any atom is -0.485 e. The van der Waals surface area contributed by atoms with Crippen molar-refractivity contribution >= 4 is 11.3 Å². The van der Waals surface area contributed by atoms with Crippen LogP contribution in [0.5, 0.6) is 5.75 Å². The second-order valence-corrected chi connectivity index (χ2v) is 7.96. The van der Waals surface area contributed by atoms with Crippen molar-refractivity contribution in [1.29, 1.82) is 0 Å². The molecule has 4 nitrogen and oxygen atoms in total. The van der Waals surface area contributed by atoms with E-state index in [1.807, 2.05) is 31.5 Å². The van der Waals surface area contributed by atoms with E-state index < -0.39 is 0 Å². The molecule has 28 heavy (non-hydrogen) atoms. The third kappa shape index (κ3) is 5.40. The van der Waals surface area contributed by atoms with Crippen molar-refractivity contribution in [3.63, 3.8) is 0 Å². The molecule has 0 fully saturated rings. The molecule has 0 N–H and O–H groups in total. The molecule has 148 valence electrons. The predicted octanol–water partition coefficient (Wildman–Crippen LogP) is 5.88. The normalized spacial score (nSPS) is 13.3. The van der Waals surface area contributed by atoms with Crippen LogP contribution < -0.4 is 4.74 Å². The van der Waals surface area contributed by atoms with Crippen LogP contribution in [0, 0.1) is 0 Å². The Hall–Kier alpha value is -2.24. The van der Waals surface area contributed by atoms with Gasteiger partial charge in [0.15, 0.2) is 5.82 Å². The molecule has 3 rings (SSSR count). The van der Waals surface area contributed by atoms with Crippen LogP contribution in [-0.2, 0) is 17.6 Å². The zero-order chi connectivity index (χ0) is 19.9. The highest BCUT2D eigenvalue weighted by molar-refractivity contribution is 7.15. The lowest BCUT2D eigenvalue weighted by molar-refractivity contribution is 0.0768. The van der Waals surface area contributed by atoms with Gasteiger partial charge in [0, 0.05) is 23.9 Å². The average molecular weight is 397 g/mol. The fourth-order valence-electron chi connectivity index (χ4n) is 3.00. The van der Waals surface area contributed by atoms with Crippen molar-refractivity contribution in [2.24, 2.45) is 0 Å². The van der Waals surface area contributed by atoms with E-state index in [0.717, 1.165) is 46.3 Å². The van der Waals surface area contributed by atoms with Crippen molar-refractivity contribution in [1.82, 2.24) is 9.97 Å². The summed E-state index contributed by atoms with van der Waals surface area (Å²) in [6.07, 6.45) is 5.86. The van der Waals surface area contributed by atoms with Gasteiger partial charge >= 0.3 is 0 Å². The van der Waals surface area contributed by atoms with Crippen LogP contribution in [0.3, 0.4) is 0 Å². The molecule has 0 radical (unpaired) electrons. The van der Waals surface area contributed by atoms with Crippen molar-refractivity contribution in [3.05, 3.63) is 64.8 Å². The summed E-state index contributed by atoms with van der Waals surface area (Å²) in [7, 11) is 0. The molecule has 0 bridgehead atoms. The van der Waals surface area contributed by atoms with E-state index in [0.29, 0.717) is 0 Å². The molecule has 1 aromatic carbocycles. The number of hydrogen-bond acceptors (Lipinski definition) is 5. The Bertz CT molecular complexity index is 859. The van der Waals surface area contributed by atoms with Crippen LogP contribution >= 0.6 is 11.3 Å². The number of ether oxygens (including phenoxy) is 2. The highest BCUT2D eigenvalue weighted by Gasteiger charge is 2.13. The maximum atomic E-state index is 6.13. The van der Waals surface area contributed by atoms with Crippen molar-refractivity contribution in [2.75, 3.05) is 6.61 Å². The van der Waals surface area contributed by atoms with Gasteiger partial charge < -0.3 is 9.47 Å². The molecule has 3 aromatic rings. The third-order valence-corrected chi connectivity index (χ3v) is 5.81. The van der Waals surface area contributed by atoms with Gasteiger partial charge in [-0.1, -0.05) is 19.1 Å². The number of aryl methyl sites for hydroxylation is 1. The molecule has 2 atom stereocenters. The second kappa shape index (κ2) is 9.80. The van der Waals surface area contributed by atoms with Gasteiger partial charge in [-0.15, -0.1) is 11.3 Å². The zero-order valence-corrected chi connectivity index (χ0v) is 17.8. The fraction of sp³-hybridized carbons (Fsp3) is 0.391. The number of thiophene rings is 1. The van der Waals surface area contributed by atoms with Crippen LogP contribution in [0.4, 0.5) is 0 Å². The van der Waals surface area contributed by atoms with Crippen LogP contribution in [0.2, 0.25) is 0 Å². The molecule has 0 aliphatic rings. The van der Waals surface area contributed by atoms with E-state index >= 15 is 0 Å². The van der Waals surface area contributed by atoms with Gasteiger partial charge in [0.2, 0.25) is 0 Å². The summed E-state index contributed by atoms with van der Waals surface area (Å²) in [6, 6.07) is 12.5. The van der Waals surface area contributed by atoms with Gasteiger partial charge in [-0.2, -0.15) is 0 Å².